The minimum atomic E-state index is -0.169. The van der Waals surface area contributed by atoms with Gasteiger partial charge < -0.3 is 15.7 Å². The number of aliphatic hydroxyl groups excluding tert-OH is 1. The van der Waals surface area contributed by atoms with Crippen molar-refractivity contribution in [3.8, 4) is 0 Å². The fraction of sp³-hybridized carbons (Fsp3) is 0.412. The molecule has 3 N–H and O–H groups in total. The summed E-state index contributed by atoms with van der Waals surface area (Å²) >= 11 is 0. The quantitative estimate of drug-likeness (QED) is 0.693. The largest absolute Gasteiger partial charge is 0.395 e. The molecule has 0 saturated heterocycles. The molecule has 0 aliphatic heterocycles. The molecule has 0 fully saturated rings. The van der Waals surface area contributed by atoms with Crippen molar-refractivity contribution in [3.63, 3.8) is 0 Å². The van der Waals surface area contributed by atoms with Gasteiger partial charge in [0.25, 0.3) is 0 Å². The Morgan fingerprint density at radius 2 is 2.04 bits per heavy atom. The van der Waals surface area contributed by atoms with E-state index in [-0.39, 0.29) is 25.6 Å². The van der Waals surface area contributed by atoms with Gasteiger partial charge >= 0.3 is 0 Å². The highest BCUT2D eigenvalue weighted by molar-refractivity contribution is 5.75. The SMILES string of the molecule is CC(C)c1ccc(CNc2cnn(CC(=O)NCCO)c2)cc1. The Kier molecular flexibility index (Phi) is 6.17. The fourth-order valence-electron chi connectivity index (χ4n) is 2.16. The van der Waals surface area contributed by atoms with Crippen LogP contribution in [0, 0.1) is 0 Å². The highest BCUT2D eigenvalue weighted by atomic mass is 16.3. The zero-order chi connectivity index (χ0) is 16.7. The third kappa shape index (κ3) is 5.41. The number of hydrogen-bond donors (Lipinski definition) is 3. The molecule has 0 aliphatic rings. The van der Waals surface area contributed by atoms with Gasteiger partial charge in [-0.15, -0.1) is 0 Å². The molecule has 0 unspecified atom stereocenters. The van der Waals surface area contributed by atoms with Crippen molar-refractivity contribution >= 4 is 11.6 Å². The number of aromatic nitrogens is 2. The lowest BCUT2D eigenvalue weighted by atomic mass is 10.0. The number of rotatable bonds is 8. The van der Waals surface area contributed by atoms with Crippen LogP contribution in [0.4, 0.5) is 5.69 Å². The van der Waals surface area contributed by atoms with Gasteiger partial charge in [0.2, 0.25) is 5.91 Å². The highest BCUT2D eigenvalue weighted by Gasteiger charge is 2.04. The lowest BCUT2D eigenvalue weighted by Crippen LogP contribution is -2.30. The molecule has 1 amide bonds. The van der Waals surface area contributed by atoms with E-state index in [1.54, 1.807) is 17.1 Å². The fourth-order valence-corrected chi connectivity index (χ4v) is 2.16. The van der Waals surface area contributed by atoms with Crippen LogP contribution in [0.15, 0.2) is 36.7 Å². The van der Waals surface area contributed by atoms with Gasteiger partial charge in [-0.2, -0.15) is 5.10 Å². The number of hydrogen-bond acceptors (Lipinski definition) is 4. The average molecular weight is 316 g/mol. The first-order chi connectivity index (χ1) is 11.1. The molecule has 1 aromatic heterocycles. The predicted octanol–water partition coefficient (Wildman–Crippen LogP) is 1.73. The Morgan fingerprint density at radius 3 is 2.70 bits per heavy atom. The predicted molar refractivity (Wildman–Crippen MR) is 90.2 cm³/mol. The number of nitrogens with zero attached hydrogens (tertiary/aromatic N) is 2. The molecule has 2 rings (SSSR count). The molecule has 0 radical (unpaired) electrons. The number of benzene rings is 1. The van der Waals surface area contributed by atoms with E-state index >= 15 is 0 Å². The second-order valence-corrected chi connectivity index (χ2v) is 5.75. The standard InChI is InChI=1S/C17H24N4O2/c1-13(2)15-5-3-14(4-6-15)9-19-16-10-20-21(11-16)12-17(23)18-7-8-22/h3-6,10-11,13,19,22H,7-9,12H2,1-2H3,(H,18,23). The lowest BCUT2D eigenvalue weighted by molar-refractivity contribution is -0.122. The summed E-state index contributed by atoms with van der Waals surface area (Å²) in [5.74, 6) is 0.366. The minimum Gasteiger partial charge on any atom is -0.395 e. The molecule has 6 heteroatoms. The molecule has 6 nitrogen and oxygen atoms in total. The third-order valence-corrected chi connectivity index (χ3v) is 3.52. The van der Waals surface area contributed by atoms with E-state index in [0.29, 0.717) is 12.5 Å². The van der Waals surface area contributed by atoms with E-state index in [4.69, 9.17) is 5.11 Å². The molecule has 1 aromatic carbocycles. The van der Waals surface area contributed by atoms with Gasteiger partial charge in [-0.3, -0.25) is 9.48 Å². The van der Waals surface area contributed by atoms with E-state index in [0.717, 1.165) is 5.69 Å². The van der Waals surface area contributed by atoms with Crippen molar-refractivity contribution in [3.05, 3.63) is 47.8 Å². The molecule has 0 spiro atoms. The van der Waals surface area contributed by atoms with Gasteiger partial charge in [0, 0.05) is 19.3 Å². The normalized spacial score (nSPS) is 10.8. The number of carbonyl (C=O) groups excluding carboxylic acids is 1. The molecule has 0 bridgehead atoms. The van der Waals surface area contributed by atoms with Crippen LogP contribution in [0.5, 0.6) is 0 Å². The van der Waals surface area contributed by atoms with Crippen molar-refractivity contribution < 1.29 is 9.90 Å². The maximum Gasteiger partial charge on any atom is 0.241 e. The number of aliphatic hydroxyl groups is 1. The van der Waals surface area contributed by atoms with Crippen molar-refractivity contribution in [2.75, 3.05) is 18.5 Å². The Balaban J connectivity index is 1.83. The molecule has 1 heterocycles. The number of carbonyl (C=O) groups is 1. The topological polar surface area (TPSA) is 79.2 Å². The van der Waals surface area contributed by atoms with E-state index in [9.17, 15) is 4.79 Å². The first-order valence-corrected chi connectivity index (χ1v) is 7.81. The lowest BCUT2D eigenvalue weighted by Gasteiger charge is -2.07. The van der Waals surface area contributed by atoms with Crippen molar-refractivity contribution in [2.24, 2.45) is 0 Å². The Morgan fingerprint density at radius 1 is 1.30 bits per heavy atom. The number of amides is 1. The summed E-state index contributed by atoms with van der Waals surface area (Å²) in [6.07, 6.45) is 3.49. The summed E-state index contributed by atoms with van der Waals surface area (Å²) in [5, 5.41) is 18.7. The van der Waals surface area contributed by atoms with Crippen LogP contribution < -0.4 is 10.6 Å². The first-order valence-electron chi connectivity index (χ1n) is 7.81. The van der Waals surface area contributed by atoms with Crippen molar-refractivity contribution in [1.82, 2.24) is 15.1 Å². The zero-order valence-corrected chi connectivity index (χ0v) is 13.6. The molecule has 2 aromatic rings. The zero-order valence-electron chi connectivity index (χ0n) is 13.6. The van der Waals surface area contributed by atoms with Crippen LogP contribution in [-0.4, -0.2) is 33.9 Å². The number of anilines is 1. The van der Waals surface area contributed by atoms with Crippen molar-refractivity contribution in [1.29, 1.82) is 0 Å². The van der Waals surface area contributed by atoms with Gasteiger partial charge in [0.05, 0.1) is 18.5 Å². The third-order valence-electron chi connectivity index (χ3n) is 3.52. The van der Waals surface area contributed by atoms with Crippen LogP contribution in [0.1, 0.15) is 30.9 Å². The maximum absolute atomic E-state index is 11.5. The Labute approximate surface area is 136 Å². The first kappa shape index (κ1) is 17.0. The van der Waals surface area contributed by atoms with Crippen LogP contribution in [-0.2, 0) is 17.9 Å². The van der Waals surface area contributed by atoms with E-state index in [1.807, 2.05) is 0 Å². The van der Waals surface area contributed by atoms with Gasteiger partial charge in [-0.1, -0.05) is 38.1 Å². The maximum atomic E-state index is 11.5. The van der Waals surface area contributed by atoms with Crippen LogP contribution in [0.25, 0.3) is 0 Å². The molecular formula is C17H24N4O2. The molecule has 0 aliphatic carbocycles. The van der Waals surface area contributed by atoms with Gasteiger partial charge in [0.1, 0.15) is 6.54 Å². The summed E-state index contributed by atoms with van der Waals surface area (Å²) in [6, 6.07) is 8.54. The molecule has 124 valence electrons. The van der Waals surface area contributed by atoms with E-state index in [1.165, 1.54) is 11.1 Å². The van der Waals surface area contributed by atoms with E-state index < -0.39 is 0 Å². The summed E-state index contributed by atoms with van der Waals surface area (Å²) in [6.45, 7) is 5.41. The Bertz CT molecular complexity index is 620. The van der Waals surface area contributed by atoms with Gasteiger partial charge in [-0.25, -0.2) is 0 Å². The van der Waals surface area contributed by atoms with Crippen LogP contribution >= 0.6 is 0 Å². The monoisotopic (exact) mass is 316 g/mol. The summed E-state index contributed by atoms with van der Waals surface area (Å²) in [5.41, 5.74) is 3.39. The summed E-state index contributed by atoms with van der Waals surface area (Å²) < 4.78 is 1.57. The molecule has 23 heavy (non-hydrogen) atoms. The summed E-state index contributed by atoms with van der Waals surface area (Å²) in [7, 11) is 0. The second kappa shape index (κ2) is 8.33. The molecule has 0 saturated carbocycles. The molecule has 0 atom stereocenters. The smallest absolute Gasteiger partial charge is 0.241 e. The second-order valence-electron chi connectivity index (χ2n) is 5.75. The average Bonchev–Trinajstić information content (AvgIpc) is 2.98. The summed E-state index contributed by atoms with van der Waals surface area (Å²) in [4.78, 5) is 11.5. The van der Waals surface area contributed by atoms with E-state index in [2.05, 4.69) is 53.8 Å². The number of nitrogens with one attached hydrogen (secondary N) is 2. The van der Waals surface area contributed by atoms with Gasteiger partial charge in [0.15, 0.2) is 0 Å². The van der Waals surface area contributed by atoms with Gasteiger partial charge in [-0.05, 0) is 17.0 Å². The van der Waals surface area contributed by atoms with Crippen molar-refractivity contribution in [2.45, 2.75) is 32.9 Å². The van der Waals surface area contributed by atoms with Crippen LogP contribution in [0.2, 0.25) is 0 Å². The molecular weight excluding hydrogens is 292 g/mol. The highest BCUT2D eigenvalue weighted by Crippen LogP contribution is 2.15. The Hall–Kier alpha value is -2.34. The van der Waals surface area contributed by atoms with Crippen LogP contribution in [0.3, 0.4) is 0 Å². The minimum absolute atomic E-state index is 0.0623.